The van der Waals surface area contributed by atoms with E-state index in [0.717, 1.165) is 6.08 Å². The normalized spacial score (nSPS) is 39.4. The van der Waals surface area contributed by atoms with Crippen LogP contribution in [0.2, 0.25) is 0 Å². The van der Waals surface area contributed by atoms with E-state index in [9.17, 15) is 40.5 Å². The fraction of sp³-hybridized carbons (Fsp3) is 0.594. The van der Waals surface area contributed by atoms with E-state index < -0.39 is 105 Å². The number of hydrogen-bond donors (Lipinski definition) is 7. The summed E-state index contributed by atoms with van der Waals surface area (Å²) in [6, 6.07) is 5.05. The van der Waals surface area contributed by atoms with Crippen molar-refractivity contribution in [2.45, 2.75) is 80.7 Å². The Kier molecular flexibility index (Phi) is 11.8. The van der Waals surface area contributed by atoms with E-state index in [1.54, 1.807) is 37.3 Å². The summed E-state index contributed by atoms with van der Waals surface area (Å²) >= 11 is 0. The van der Waals surface area contributed by atoms with Gasteiger partial charge in [0.2, 0.25) is 6.29 Å². The SMILES string of the molecule is COc1ccc(/C=C\C(=O)O[C@@H]2[C@@H](O)[C@@H](O)[C@H](O[C@@H]3C=C(CO)[C@H]4[C@@H](O[C@H]5O[C@H](CO)[C@H](O)[C@@H](O)[C@H]5O)OC=C[C@H]43)O[C@@H]2C)cc1OC. The predicted molar refractivity (Wildman–Crippen MR) is 161 cm³/mol. The monoisotopic (exact) mass is 682 g/mol. The fourth-order valence-corrected chi connectivity index (χ4v) is 6.21. The average Bonchev–Trinajstić information content (AvgIpc) is 3.46. The van der Waals surface area contributed by atoms with Gasteiger partial charge in [-0.1, -0.05) is 12.1 Å². The highest BCUT2D eigenvalue weighted by atomic mass is 16.8. The third-order valence-electron chi connectivity index (χ3n) is 8.85. The molecule has 266 valence electrons. The number of hydrogen-bond acceptors (Lipinski definition) is 16. The first-order valence-corrected chi connectivity index (χ1v) is 15.4. The van der Waals surface area contributed by atoms with E-state index in [4.69, 9.17) is 37.9 Å². The Labute approximate surface area is 275 Å². The van der Waals surface area contributed by atoms with Gasteiger partial charge in [-0.25, -0.2) is 4.79 Å². The Hall–Kier alpha value is -3.13. The number of ether oxygens (including phenoxy) is 8. The first kappa shape index (κ1) is 36.2. The molecule has 14 atom stereocenters. The molecular formula is C32H42O16. The number of esters is 1. The molecule has 7 N–H and O–H groups in total. The molecule has 3 aliphatic heterocycles. The lowest BCUT2D eigenvalue weighted by atomic mass is 9.88. The van der Waals surface area contributed by atoms with Crippen LogP contribution in [0.25, 0.3) is 6.08 Å². The summed E-state index contributed by atoms with van der Waals surface area (Å²) in [6.07, 6.45) is -9.11. The first-order valence-electron chi connectivity index (χ1n) is 15.4. The van der Waals surface area contributed by atoms with Gasteiger partial charge >= 0.3 is 5.97 Å². The van der Waals surface area contributed by atoms with Gasteiger partial charge < -0.3 is 73.6 Å². The number of aliphatic hydroxyl groups is 7. The van der Waals surface area contributed by atoms with Crippen LogP contribution in [-0.4, -0.2) is 143 Å². The van der Waals surface area contributed by atoms with Crippen molar-refractivity contribution < 1.29 is 78.4 Å². The maximum Gasteiger partial charge on any atom is 0.331 e. The summed E-state index contributed by atoms with van der Waals surface area (Å²) in [7, 11) is 2.99. The molecule has 0 aromatic heterocycles. The van der Waals surface area contributed by atoms with Crippen LogP contribution in [0.5, 0.6) is 11.5 Å². The minimum atomic E-state index is -1.68. The van der Waals surface area contributed by atoms with Crippen molar-refractivity contribution in [3.63, 3.8) is 0 Å². The van der Waals surface area contributed by atoms with Crippen molar-refractivity contribution in [2.75, 3.05) is 27.4 Å². The Morgan fingerprint density at radius 1 is 0.875 bits per heavy atom. The number of methoxy groups -OCH3 is 2. The van der Waals surface area contributed by atoms with Crippen molar-refractivity contribution in [1.82, 2.24) is 0 Å². The lowest BCUT2D eigenvalue weighted by molar-refractivity contribution is -0.341. The molecule has 0 radical (unpaired) electrons. The maximum absolute atomic E-state index is 12.6. The first-order chi connectivity index (χ1) is 23.0. The number of aliphatic hydroxyl groups excluding tert-OH is 7. The third-order valence-corrected chi connectivity index (χ3v) is 8.85. The number of rotatable bonds is 11. The molecule has 16 heteroatoms. The second-order valence-electron chi connectivity index (χ2n) is 11.8. The molecule has 1 aromatic carbocycles. The van der Waals surface area contributed by atoms with Crippen LogP contribution >= 0.6 is 0 Å². The molecule has 0 unspecified atom stereocenters. The van der Waals surface area contributed by atoms with Crippen molar-refractivity contribution in [3.8, 4) is 11.5 Å². The summed E-state index contributed by atoms with van der Waals surface area (Å²) < 4.78 is 44.7. The zero-order valence-corrected chi connectivity index (χ0v) is 26.4. The van der Waals surface area contributed by atoms with Gasteiger partial charge in [-0.15, -0.1) is 0 Å². The molecule has 0 bridgehead atoms. The Morgan fingerprint density at radius 3 is 2.27 bits per heavy atom. The maximum atomic E-state index is 12.6. The molecule has 0 amide bonds. The Morgan fingerprint density at radius 2 is 1.58 bits per heavy atom. The standard InChI is InChI=1S/C32H42O16/c1-14-29(47-22(35)7-5-15-4-6-18(41-2)20(10-15)42-3)26(38)28(40)31(44-14)45-19-11-16(12-33)23-17(19)8-9-43-30(23)48-32-27(39)25(37)24(36)21(13-34)46-32/h4-11,14,17,19,21,23-34,36-40H,12-13H2,1-3H3/b7-5-/t14-,17+,19-,21-,23-,24+,25-,26+,27-,28-,29+,30-,31+,32-/m1/s1. The van der Waals surface area contributed by atoms with Crippen molar-refractivity contribution in [3.05, 3.63) is 53.8 Å². The number of carbonyl (C=O) groups is 1. The number of fused-ring (bicyclic) bond motifs is 1. The van der Waals surface area contributed by atoms with E-state index in [0.29, 0.717) is 22.6 Å². The zero-order chi connectivity index (χ0) is 34.7. The highest BCUT2D eigenvalue weighted by Gasteiger charge is 2.52. The van der Waals surface area contributed by atoms with Crippen LogP contribution in [0.4, 0.5) is 0 Å². The molecule has 4 aliphatic rings. The van der Waals surface area contributed by atoms with Gasteiger partial charge in [0, 0.05) is 12.0 Å². The van der Waals surface area contributed by atoms with Crippen molar-refractivity contribution in [2.24, 2.45) is 11.8 Å². The molecule has 2 saturated heterocycles. The van der Waals surface area contributed by atoms with Gasteiger partial charge in [0.05, 0.1) is 51.8 Å². The molecule has 0 saturated carbocycles. The fourth-order valence-electron chi connectivity index (χ4n) is 6.21. The van der Waals surface area contributed by atoms with Gasteiger partial charge in [0.25, 0.3) is 0 Å². The van der Waals surface area contributed by atoms with Crippen molar-refractivity contribution in [1.29, 1.82) is 0 Å². The molecule has 3 heterocycles. The molecule has 2 fully saturated rings. The molecule has 5 rings (SSSR count). The van der Waals surface area contributed by atoms with Gasteiger partial charge in [0.15, 0.2) is 30.2 Å². The van der Waals surface area contributed by atoms with Crippen LogP contribution < -0.4 is 9.47 Å². The van der Waals surface area contributed by atoms with Gasteiger partial charge in [0.1, 0.15) is 36.6 Å². The largest absolute Gasteiger partial charge is 0.493 e. The van der Waals surface area contributed by atoms with E-state index in [-0.39, 0.29) is 0 Å². The quantitative estimate of drug-likeness (QED) is 0.0786. The smallest absolute Gasteiger partial charge is 0.331 e. The third kappa shape index (κ3) is 7.39. The number of carbonyl (C=O) groups excluding carboxylic acids is 1. The van der Waals surface area contributed by atoms with Crippen LogP contribution in [0.1, 0.15) is 12.5 Å². The van der Waals surface area contributed by atoms with Crippen LogP contribution in [0.3, 0.4) is 0 Å². The Balaban J connectivity index is 1.21. The summed E-state index contributed by atoms with van der Waals surface area (Å²) in [4.78, 5) is 12.6. The van der Waals surface area contributed by atoms with Crippen LogP contribution in [-0.2, 0) is 33.2 Å². The van der Waals surface area contributed by atoms with Gasteiger partial charge in [-0.05, 0) is 42.3 Å². The van der Waals surface area contributed by atoms with E-state index >= 15 is 0 Å². The minimum Gasteiger partial charge on any atom is -0.493 e. The lowest BCUT2D eigenvalue weighted by Crippen LogP contribution is -2.60. The molecule has 0 spiro atoms. The molecular weight excluding hydrogens is 640 g/mol. The minimum absolute atomic E-state index is 0.427. The average molecular weight is 683 g/mol. The predicted octanol–water partition coefficient (Wildman–Crippen LogP) is -1.67. The summed E-state index contributed by atoms with van der Waals surface area (Å²) in [5.41, 5.74) is 1.05. The van der Waals surface area contributed by atoms with E-state index in [2.05, 4.69) is 0 Å². The molecule has 16 nitrogen and oxygen atoms in total. The summed E-state index contributed by atoms with van der Waals surface area (Å²) in [5, 5.41) is 72.2. The summed E-state index contributed by atoms with van der Waals surface area (Å²) in [6.45, 7) is 0.464. The molecule has 48 heavy (non-hydrogen) atoms. The van der Waals surface area contributed by atoms with Crippen molar-refractivity contribution >= 4 is 12.0 Å². The van der Waals surface area contributed by atoms with Gasteiger partial charge in [-0.2, -0.15) is 0 Å². The van der Waals surface area contributed by atoms with E-state index in [1.807, 2.05) is 0 Å². The zero-order valence-electron chi connectivity index (χ0n) is 26.4. The van der Waals surface area contributed by atoms with E-state index in [1.165, 1.54) is 26.6 Å². The number of benzene rings is 1. The molecule has 1 aromatic rings. The highest BCUT2D eigenvalue weighted by molar-refractivity contribution is 5.87. The highest BCUT2D eigenvalue weighted by Crippen LogP contribution is 2.43. The van der Waals surface area contributed by atoms with Crippen LogP contribution in [0, 0.1) is 11.8 Å². The van der Waals surface area contributed by atoms with Gasteiger partial charge in [-0.3, -0.25) is 0 Å². The lowest BCUT2D eigenvalue weighted by Gasteiger charge is -2.43. The van der Waals surface area contributed by atoms with Crippen LogP contribution in [0.15, 0.2) is 48.3 Å². The molecule has 1 aliphatic carbocycles. The topological polar surface area (TPSA) is 233 Å². The Bertz CT molecular complexity index is 1350. The second-order valence-corrected chi connectivity index (χ2v) is 11.8. The summed E-state index contributed by atoms with van der Waals surface area (Å²) in [5.74, 6) is -1.04. The second kappa shape index (κ2) is 15.6.